The monoisotopic (exact) mass is 321 g/mol. The molecule has 0 spiro atoms. The van der Waals surface area contributed by atoms with Gasteiger partial charge in [0.15, 0.2) is 0 Å². The molecule has 1 amide bonds. The Balaban J connectivity index is 1.60. The van der Waals surface area contributed by atoms with E-state index in [2.05, 4.69) is 15.5 Å². The van der Waals surface area contributed by atoms with E-state index in [1.807, 2.05) is 0 Å². The van der Waals surface area contributed by atoms with Crippen molar-refractivity contribution in [2.24, 2.45) is 11.8 Å². The number of alkyl carbamates (subject to hydrolysis) is 1. The van der Waals surface area contributed by atoms with Gasteiger partial charge in [0.25, 0.3) is 0 Å². The van der Waals surface area contributed by atoms with Crippen molar-refractivity contribution in [2.45, 2.75) is 24.5 Å². The van der Waals surface area contributed by atoms with Crippen LogP contribution in [0.15, 0.2) is 18.3 Å². The molecule has 2 aromatic rings. The topological polar surface area (TPSA) is 87.2 Å². The molecule has 0 saturated heterocycles. The Hall–Kier alpha value is -1.79. The third kappa shape index (κ3) is 1.98. The second-order valence-electron chi connectivity index (χ2n) is 6.17. The van der Waals surface area contributed by atoms with Gasteiger partial charge in [-0.25, -0.2) is 4.79 Å². The lowest BCUT2D eigenvalue weighted by atomic mass is 9.86. The van der Waals surface area contributed by atoms with Gasteiger partial charge in [-0.3, -0.25) is 5.10 Å². The number of fused-ring (bicyclic) bond motifs is 2. The van der Waals surface area contributed by atoms with Crippen LogP contribution in [-0.4, -0.2) is 34.5 Å². The molecule has 0 radical (unpaired) electrons. The van der Waals surface area contributed by atoms with E-state index in [4.69, 9.17) is 16.3 Å². The number of carbonyl (C=O) groups excluding carboxylic acids is 1. The highest BCUT2D eigenvalue weighted by Gasteiger charge is 2.64. The minimum Gasteiger partial charge on any atom is -0.446 e. The lowest BCUT2D eigenvalue weighted by Crippen LogP contribution is -2.28. The average Bonchev–Trinajstić information content (AvgIpc) is 2.86. The van der Waals surface area contributed by atoms with E-state index in [0.29, 0.717) is 17.9 Å². The van der Waals surface area contributed by atoms with Crippen molar-refractivity contribution in [1.29, 1.82) is 0 Å². The highest BCUT2D eigenvalue weighted by molar-refractivity contribution is 6.31. The molecule has 116 valence electrons. The summed E-state index contributed by atoms with van der Waals surface area (Å²) in [4.78, 5) is 11.3. The summed E-state index contributed by atoms with van der Waals surface area (Å²) in [5, 5.41) is 21.9. The molecule has 0 aliphatic heterocycles. The second-order valence-corrected chi connectivity index (χ2v) is 6.61. The SMILES string of the molecule is CNC(=O)OC1C2CC(O)(c3cc(Cl)cc4[nH]ncc34)CC21. The first-order valence-electron chi connectivity index (χ1n) is 7.26. The van der Waals surface area contributed by atoms with Gasteiger partial charge in [-0.05, 0) is 30.5 Å². The van der Waals surface area contributed by atoms with Crippen LogP contribution < -0.4 is 5.32 Å². The summed E-state index contributed by atoms with van der Waals surface area (Å²) in [7, 11) is 1.54. The van der Waals surface area contributed by atoms with Crippen LogP contribution in [-0.2, 0) is 10.3 Å². The number of carbonyl (C=O) groups is 1. The van der Waals surface area contributed by atoms with Crippen molar-refractivity contribution in [2.75, 3.05) is 7.05 Å². The number of benzene rings is 1. The van der Waals surface area contributed by atoms with Gasteiger partial charge in [0, 0.05) is 29.3 Å². The van der Waals surface area contributed by atoms with Crippen molar-refractivity contribution >= 4 is 28.6 Å². The number of halogens is 1. The molecule has 1 aromatic heterocycles. The first kappa shape index (κ1) is 13.8. The van der Waals surface area contributed by atoms with Crippen molar-refractivity contribution in [1.82, 2.24) is 15.5 Å². The molecule has 7 heteroatoms. The molecule has 2 aliphatic carbocycles. The highest BCUT2D eigenvalue weighted by atomic mass is 35.5. The summed E-state index contributed by atoms with van der Waals surface area (Å²) >= 11 is 6.15. The first-order valence-corrected chi connectivity index (χ1v) is 7.63. The molecular weight excluding hydrogens is 306 g/mol. The number of aromatic amines is 1. The van der Waals surface area contributed by atoms with Crippen LogP contribution in [0, 0.1) is 11.8 Å². The van der Waals surface area contributed by atoms with E-state index in [1.54, 1.807) is 25.4 Å². The third-order valence-corrected chi connectivity index (χ3v) is 5.09. The smallest absolute Gasteiger partial charge is 0.407 e. The lowest BCUT2D eigenvalue weighted by molar-refractivity contribution is 0.0139. The van der Waals surface area contributed by atoms with E-state index in [9.17, 15) is 9.90 Å². The van der Waals surface area contributed by atoms with Crippen LogP contribution >= 0.6 is 11.6 Å². The fourth-order valence-corrected chi connectivity index (χ4v) is 4.00. The Morgan fingerprint density at radius 2 is 2.23 bits per heavy atom. The van der Waals surface area contributed by atoms with Gasteiger partial charge in [-0.15, -0.1) is 0 Å². The van der Waals surface area contributed by atoms with Crippen LogP contribution in [0.4, 0.5) is 4.79 Å². The van der Waals surface area contributed by atoms with Gasteiger partial charge in [0.2, 0.25) is 0 Å². The summed E-state index contributed by atoms with van der Waals surface area (Å²) in [6, 6.07) is 3.60. The standard InChI is InChI=1S/C15H16ClN3O3/c1-17-14(20)22-13-8-4-15(21,5-9(8)13)11-2-7(16)3-12-10(11)6-18-19-12/h2-3,6,8-9,13,21H,4-5H2,1H3,(H,17,20)(H,18,19). The van der Waals surface area contributed by atoms with Gasteiger partial charge >= 0.3 is 6.09 Å². The molecule has 0 bridgehead atoms. The number of hydrogen-bond acceptors (Lipinski definition) is 4. The van der Waals surface area contributed by atoms with Gasteiger partial charge in [0.1, 0.15) is 6.10 Å². The third-order valence-electron chi connectivity index (χ3n) is 4.87. The minimum atomic E-state index is -0.940. The van der Waals surface area contributed by atoms with E-state index in [-0.39, 0.29) is 17.9 Å². The molecule has 2 unspecified atom stereocenters. The van der Waals surface area contributed by atoms with E-state index < -0.39 is 11.7 Å². The molecule has 4 rings (SSSR count). The van der Waals surface area contributed by atoms with Crippen molar-refractivity contribution in [3.8, 4) is 0 Å². The zero-order valence-corrected chi connectivity index (χ0v) is 12.7. The summed E-state index contributed by atoms with van der Waals surface area (Å²) in [5.41, 5.74) is 0.676. The van der Waals surface area contributed by atoms with E-state index in [0.717, 1.165) is 16.5 Å². The lowest BCUT2D eigenvalue weighted by Gasteiger charge is -2.27. The fourth-order valence-electron chi connectivity index (χ4n) is 3.79. The molecule has 2 fully saturated rings. The molecule has 2 saturated carbocycles. The number of ether oxygens (including phenoxy) is 1. The number of nitrogens with one attached hydrogen (secondary N) is 2. The normalized spacial score (nSPS) is 32.8. The number of aliphatic hydroxyl groups is 1. The molecule has 3 N–H and O–H groups in total. The summed E-state index contributed by atoms with van der Waals surface area (Å²) < 4.78 is 5.30. The van der Waals surface area contributed by atoms with Crippen molar-refractivity contribution in [3.05, 3.63) is 28.9 Å². The quantitative estimate of drug-likeness (QED) is 0.791. The van der Waals surface area contributed by atoms with Gasteiger partial charge in [0.05, 0.1) is 17.3 Å². The predicted octanol–water partition coefficient (Wildman–Crippen LogP) is 2.17. The first-order chi connectivity index (χ1) is 10.5. The molecule has 2 aliphatic rings. The number of hydrogen-bond donors (Lipinski definition) is 3. The molecule has 1 aromatic carbocycles. The van der Waals surface area contributed by atoms with Crippen molar-refractivity contribution < 1.29 is 14.6 Å². The van der Waals surface area contributed by atoms with Crippen LogP contribution in [0.1, 0.15) is 18.4 Å². The Bertz CT molecular complexity index is 748. The largest absolute Gasteiger partial charge is 0.446 e. The number of nitrogens with zero attached hydrogens (tertiary/aromatic N) is 1. The second kappa shape index (κ2) is 4.60. The number of rotatable bonds is 2. The van der Waals surface area contributed by atoms with Crippen LogP contribution in [0.25, 0.3) is 10.9 Å². The summed E-state index contributed by atoms with van der Waals surface area (Å²) in [6.45, 7) is 0. The molecular formula is C15H16ClN3O3. The number of H-pyrrole nitrogens is 1. The van der Waals surface area contributed by atoms with Gasteiger partial charge in [-0.2, -0.15) is 5.10 Å². The van der Waals surface area contributed by atoms with E-state index in [1.165, 1.54) is 0 Å². The maximum atomic E-state index is 11.3. The van der Waals surface area contributed by atoms with Gasteiger partial charge in [-0.1, -0.05) is 11.6 Å². The van der Waals surface area contributed by atoms with Gasteiger partial charge < -0.3 is 15.2 Å². The summed E-state index contributed by atoms with van der Waals surface area (Å²) in [5.74, 6) is 0.423. The molecule has 6 nitrogen and oxygen atoms in total. The van der Waals surface area contributed by atoms with Crippen LogP contribution in [0.3, 0.4) is 0 Å². The van der Waals surface area contributed by atoms with E-state index >= 15 is 0 Å². The predicted molar refractivity (Wildman–Crippen MR) is 80.5 cm³/mol. The Morgan fingerprint density at radius 3 is 2.91 bits per heavy atom. The van der Waals surface area contributed by atoms with Crippen molar-refractivity contribution in [3.63, 3.8) is 0 Å². The molecule has 1 heterocycles. The maximum absolute atomic E-state index is 11.3. The Kier molecular flexibility index (Phi) is 2.90. The Morgan fingerprint density at radius 1 is 1.50 bits per heavy atom. The van der Waals surface area contributed by atoms with Crippen LogP contribution in [0.2, 0.25) is 5.02 Å². The van der Waals surface area contributed by atoms with Crippen LogP contribution in [0.5, 0.6) is 0 Å². The maximum Gasteiger partial charge on any atom is 0.407 e. The molecule has 22 heavy (non-hydrogen) atoms. The fraction of sp³-hybridized carbons (Fsp3) is 0.467. The summed E-state index contributed by atoms with van der Waals surface area (Å²) in [6.07, 6.45) is 2.35. The average molecular weight is 322 g/mol. The minimum absolute atomic E-state index is 0.0840. The Labute approximate surface area is 131 Å². The number of amides is 1. The zero-order chi connectivity index (χ0) is 15.5. The molecule has 2 atom stereocenters. The zero-order valence-electron chi connectivity index (χ0n) is 12.0. The highest BCUT2D eigenvalue weighted by Crippen LogP contribution is 2.61. The number of aromatic nitrogens is 2.